The summed E-state index contributed by atoms with van der Waals surface area (Å²) in [5.41, 5.74) is 3.40. The third-order valence-corrected chi connectivity index (χ3v) is 5.39. The summed E-state index contributed by atoms with van der Waals surface area (Å²) in [6.45, 7) is 1.01. The molecule has 1 aliphatic heterocycles. The Hall–Kier alpha value is -3.33. The highest BCUT2D eigenvalue weighted by Crippen LogP contribution is 2.29. The zero-order valence-electron chi connectivity index (χ0n) is 14.0. The van der Waals surface area contributed by atoms with Crippen LogP contribution in [0.25, 0.3) is 21.6 Å². The van der Waals surface area contributed by atoms with Crippen molar-refractivity contribution in [3.05, 3.63) is 63.8 Å². The monoisotopic (exact) mass is 379 g/mol. The van der Waals surface area contributed by atoms with Crippen molar-refractivity contribution >= 4 is 27.5 Å². The van der Waals surface area contributed by atoms with Gasteiger partial charge in [0.05, 0.1) is 27.2 Å². The van der Waals surface area contributed by atoms with Crippen LogP contribution in [0.3, 0.4) is 0 Å². The van der Waals surface area contributed by atoms with Crippen molar-refractivity contribution in [2.45, 2.75) is 5.92 Å². The maximum atomic E-state index is 12.6. The van der Waals surface area contributed by atoms with Gasteiger partial charge in [-0.2, -0.15) is 4.98 Å². The summed E-state index contributed by atoms with van der Waals surface area (Å²) >= 11 is 1.51. The number of amides is 1. The minimum atomic E-state index is -0.270. The molecular formula is C18H13N5O3S. The van der Waals surface area contributed by atoms with Gasteiger partial charge in [0.15, 0.2) is 0 Å². The van der Waals surface area contributed by atoms with Gasteiger partial charge in [0, 0.05) is 24.8 Å². The van der Waals surface area contributed by atoms with Crippen molar-refractivity contribution in [3.8, 4) is 11.4 Å². The van der Waals surface area contributed by atoms with Gasteiger partial charge in [-0.15, -0.1) is 11.3 Å². The van der Waals surface area contributed by atoms with Gasteiger partial charge in [0.25, 0.3) is 11.5 Å². The lowest BCUT2D eigenvalue weighted by Gasteiger charge is -2.37. The van der Waals surface area contributed by atoms with Gasteiger partial charge in [-0.3, -0.25) is 9.59 Å². The van der Waals surface area contributed by atoms with Crippen molar-refractivity contribution in [3.63, 3.8) is 0 Å². The summed E-state index contributed by atoms with van der Waals surface area (Å²) in [5.74, 6) is 0.647. The van der Waals surface area contributed by atoms with Crippen LogP contribution >= 0.6 is 11.3 Å². The molecule has 3 aromatic heterocycles. The molecule has 4 aromatic rings. The number of carbonyl (C=O) groups excluding carboxylic acids is 1. The number of hydrogen-bond donors (Lipinski definition) is 1. The fourth-order valence-electron chi connectivity index (χ4n) is 3.08. The van der Waals surface area contributed by atoms with Gasteiger partial charge >= 0.3 is 0 Å². The molecule has 9 heteroatoms. The van der Waals surface area contributed by atoms with E-state index in [9.17, 15) is 9.59 Å². The number of pyridine rings is 1. The maximum Gasteiger partial charge on any atom is 0.259 e. The van der Waals surface area contributed by atoms with E-state index in [0.29, 0.717) is 30.1 Å². The molecule has 0 bridgehead atoms. The van der Waals surface area contributed by atoms with Gasteiger partial charge in [-0.05, 0) is 30.3 Å². The fourth-order valence-corrected chi connectivity index (χ4v) is 3.80. The van der Waals surface area contributed by atoms with E-state index in [-0.39, 0.29) is 23.2 Å². The molecule has 0 atom stereocenters. The second-order valence-electron chi connectivity index (χ2n) is 6.31. The van der Waals surface area contributed by atoms with Crippen LogP contribution in [0.2, 0.25) is 0 Å². The molecule has 1 aliphatic rings. The first-order valence-corrected chi connectivity index (χ1v) is 9.21. The molecule has 0 unspecified atom stereocenters. The highest BCUT2D eigenvalue weighted by molar-refractivity contribution is 7.16. The van der Waals surface area contributed by atoms with Crippen LogP contribution in [0.4, 0.5) is 0 Å². The molecule has 0 aliphatic carbocycles. The number of likely N-dealkylation sites (tertiary alicyclic amines) is 1. The van der Waals surface area contributed by atoms with Crippen LogP contribution in [-0.2, 0) is 0 Å². The summed E-state index contributed by atoms with van der Waals surface area (Å²) in [5, 5.41) is 3.89. The standard InChI is InChI=1S/C18H13N5O3S/c24-16-12(2-1-5-19-16)15-21-17(26-22-15)11-7-23(8-11)18(25)10-3-4-13-14(6-10)27-9-20-13/h1-6,9,11H,7-8H2,(H,19,24). The average Bonchev–Trinajstić information content (AvgIpc) is 3.29. The Bertz CT molecular complexity index is 1200. The van der Waals surface area contributed by atoms with Gasteiger partial charge in [-0.1, -0.05) is 5.16 Å². The average molecular weight is 379 g/mol. The zero-order valence-corrected chi connectivity index (χ0v) is 14.8. The molecule has 0 spiro atoms. The molecule has 27 heavy (non-hydrogen) atoms. The minimum Gasteiger partial charge on any atom is -0.339 e. The number of nitrogens with one attached hydrogen (secondary N) is 1. The summed E-state index contributed by atoms with van der Waals surface area (Å²) in [4.78, 5) is 37.3. The first kappa shape index (κ1) is 15.9. The largest absolute Gasteiger partial charge is 0.339 e. The smallest absolute Gasteiger partial charge is 0.259 e. The number of aromatic amines is 1. The molecule has 1 N–H and O–H groups in total. The van der Waals surface area contributed by atoms with Crippen LogP contribution in [0.5, 0.6) is 0 Å². The summed E-state index contributed by atoms with van der Waals surface area (Å²) in [6.07, 6.45) is 1.55. The van der Waals surface area contributed by atoms with Crippen LogP contribution in [0.15, 0.2) is 51.4 Å². The number of benzene rings is 1. The number of rotatable bonds is 3. The van der Waals surface area contributed by atoms with E-state index in [2.05, 4.69) is 20.1 Å². The predicted molar refractivity (Wildman–Crippen MR) is 98.6 cm³/mol. The van der Waals surface area contributed by atoms with Crippen molar-refractivity contribution in [1.82, 2.24) is 25.0 Å². The van der Waals surface area contributed by atoms with Crippen molar-refractivity contribution in [1.29, 1.82) is 0 Å². The van der Waals surface area contributed by atoms with Gasteiger partial charge < -0.3 is 14.4 Å². The van der Waals surface area contributed by atoms with Crippen molar-refractivity contribution < 1.29 is 9.32 Å². The Morgan fingerprint density at radius 1 is 1.30 bits per heavy atom. The van der Waals surface area contributed by atoms with E-state index in [1.54, 1.807) is 34.8 Å². The lowest BCUT2D eigenvalue weighted by molar-refractivity contribution is 0.0569. The molecule has 0 saturated carbocycles. The van der Waals surface area contributed by atoms with Crippen molar-refractivity contribution in [2.24, 2.45) is 0 Å². The molecule has 1 saturated heterocycles. The molecule has 1 amide bonds. The second kappa shape index (κ2) is 6.13. The number of aromatic nitrogens is 4. The zero-order chi connectivity index (χ0) is 18.4. The number of fused-ring (bicyclic) bond motifs is 1. The van der Waals surface area contributed by atoms with Gasteiger partial charge in [0.1, 0.15) is 0 Å². The Kier molecular flexibility index (Phi) is 3.61. The van der Waals surface area contributed by atoms with E-state index in [1.165, 1.54) is 11.3 Å². The Labute approximate surface area is 156 Å². The number of H-pyrrole nitrogens is 1. The van der Waals surface area contributed by atoms with Crippen LogP contribution in [0.1, 0.15) is 22.2 Å². The van der Waals surface area contributed by atoms with E-state index in [4.69, 9.17) is 4.52 Å². The van der Waals surface area contributed by atoms with Crippen molar-refractivity contribution in [2.75, 3.05) is 13.1 Å². The Balaban J connectivity index is 1.30. The molecule has 8 nitrogen and oxygen atoms in total. The van der Waals surface area contributed by atoms with E-state index < -0.39 is 0 Å². The summed E-state index contributed by atoms with van der Waals surface area (Å²) in [7, 11) is 0. The SMILES string of the molecule is O=C(c1ccc2ncsc2c1)N1CC(c2nc(-c3ccc[nH]c3=O)no2)C1. The van der Waals surface area contributed by atoms with Crippen LogP contribution in [0, 0.1) is 0 Å². The Morgan fingerprint density at radius 2 is 2.19 bits per heavy atom. The van der Waals surface area contributed by atoms with Gasteiger partial charge in [-0.25, -0.2) is 4.98 Å². The normalized spacial score (nSPS) is 14.4. The quantitative estimate of drug-likeness (QED) is 0.585. The highest BCUT2D eigenvalue weighted by Gasteiger charge is 2.36. The third kappa shape index (κ3) is 2.72. The first-order chi connectivity index (χ1) is 13.2. The molecular weight excluding hydrogens is 366 g/mol. The predicted octanol–water partition coefficient (Wildman–Crippen LogP) is 2.27. The lowest BCUT2D eigenvalue weighted by Crippen LogP contribution is -2.48. The maximum absolute atomic E-state index is 12.6. The third-order valence-electron chi connectivity index (χ3n) is 4.60. The minimum absolute atomic E-state index is 0.0230. The van der Waals surface area contributed by atoms with E-state index in [0.717, 1.165) is 10.2 Å². The van der Waals surface area contributed by atoms with Gasteiger partial charge in [0.2, 0.25) is 11.7 Å². The van der Waals surface area contributed by atoms with Crippen LogP contribution < -0.4 is 5.56 Å². The second-order valence-corrected chi connectivity index (χ2v) is 7.20. The molecule has 4 heterocycles. The molecule has 134 valence electrons. The number of hydrogen-bond acceptors (Lipinski definition) is 7. The molecule has 0 radical (unpaired) electrons. The summed E-state index contributed by atoms with van der Waals surface area (Å²) < 4.78 is 6.29. The van der Waals surface area contributed by atoms with E-state index >= 15 is 0 Å². The summed E-state index contributed by atoms with van der Waals surface area (Å²) in [6, 6.07) is 8.87. The first-order valence-electron chi connectivity index (χ1n) is 8.33. The lowest BCUT2D eigenvalue weighted by atomic mass is 9.98. The highest BCUT2D eigenvalue weighted by atomic mass is 32.1. The van der Waals surface area contributed by atoms with Crippen LogP contribution in [-0.4, -0.2) is 44.0 Å². The Morgan fingerprint density at radius 3 is 3.04 bits per heavy atom. The molecule has 5 rings (SSSR count). The number of carbonyl (C=O) groups is 1. The fraction of sp³-hybridized carbons (Fsp3) is 0.167. The molecule has 1 aromatic carbocycles. The number of nitrogens with zero attached hydrogens (tertiary/aromatic N) is 4. The van der Waals surface area contributed by atoms with E-state index in [1.807, 2.05) is 12.1 Å². The topological polar surface area (TPSA) is 105 Å². The molecule has 1 fully saturated rings. The number of thiazole rings is 1.